The van der Waals surface area contributed by atoms with Crippen LogP contribution in [-0.2, 0) is 4.79 Å². The Morgan fingerprint density at radius 1 is 1.71 bits per heavy atom. The van der Waals surface area contributed by atoms with E-state index in [0.717, 1.165) is 25.9 Å². The number of rotatable bonds is 5. The van der Waals surface area contributed by atoms with Crippen LogP contribution >= 0.6 is 0 Å². The van der Waals surface area contributed by atoms with Crippen molar-refractivity contribution in [3.63, 3.8) is 0 Å². The summed E-state index contributed by atoms with van der Waals surface area (Å²) in [4.78, 5) is 13.5. The number of amides is 1. The first-order valence-electron chi connectivity index (χ1n) is 5.35. The average Bonchev–Trinajstić information content (AvgIpc) is 2.56. The largest absolute Gasteiger partial charge is 0.394 e. The highest BCUT2D eigenvalue weighted by Gasteiger charge is 2.33. The Hall–Kier alpha value is -0.610. The lowest BCUT2D eigenvalue weighted by Crippen LogP contribution is -2.43. The van der Waals surface area contributed by atoms with E-state index in [1.165, 1.54) is 0 Å². The van der Waals surface area contributed by atoms with Crippen molar-refractivity contribution in [3.05, 3.63) is 0 Å². The van der Waals surface area contributed by atoms with Crippen LogP contribution < -0.4 is 5.32 Å². The van der Waals surface area contributed by atoms with Crippen LogP contribution in [-0.4, -0.2) is 47.7 Å². The van der Waals surface area contributed by atoms with Crippen molar-refractivity contribution in [1.82, 2.24) is 10.2 Å². The molecular formula is C10H20N2O2. The summed E-state index contributed by atoms with van der Waals surface area (Å²) in [5.41, 5.74) is 0. The molecule has 0 bridgehead atoms. The van der Waals surface area contributed by atoms with Gasteiger partial charge in [0.2, 0.25) is 5.91 Å². The third-order valence-corrected chi connectivity index (χ3v) is 2.68. The Balaban J connectivity index is 2.43. The maximum absolute atomic E-state index is 11.8. The standard InChI is InChI=1S/C10H20N2O2/c1-3-5-11-9-4-6-12(10(9)14)8(2)7-13/h8-9,11,13H,3-7H2,1-2H3. The van der Waals surface area contributed by atoms with E-state index in [-0.39, 0.29) is 24.6 Å². The van der Waals surface area contributed by atoms with Crippen LogP contribution in [0.2, 0.25) is 0 Å². The predicted molar refractivity (Wildman–Crippen MR) is 55.0 cm³/mol. The Morgan fingerprint density at radius 3 is 3.00 bits per heavy atom. The number of aliphatic hydroxyl groups is 1. The number of hydrogen-bond donors (Lipinski definition) is 2. The van der Waals surface area contributed by atoms with E-state index in [1.54, 1.807) is 4.90 Å². The topological polar surface area (TPSA) is 52.6 Å². The van der Waals surface area contributed by atoms with Gasteiger partial charge in [-0.05, 0) is 26.3 Å². The van der Waals surface area contributed by atoms with Crippen LogP contribution in [0.3, 0.4) is 0 Å². The molecular weight excluding hydrogens is 180 g/mol. The average molecular weight is 200 g/mol. The van der Waals surface area contributed by atoms with Gasteiger partial charge in [-0.2, -0.15) is 0 Å². The molecule has 4 heteroatoms. The molecule has 0 aromatic carbocycles. The molecule has 1 amide bonds. The summed E-state index contributed by atoms with van der Waals surface area (Å²) in [5, 5.41) is 12.2. The van der Waals surface area contributed by atoms with E-state index in [4.69, 9.17) is 5.11 Å². The van der Waals surface area contributed by atoms with Crippen molar-refractivity contribution in [2.45, 2.75) is 38.8 Å². The molecule has 1 rings (SSSR count). The van der Waals surface area contributed by atoms with Crippen LogP contribution in [0.1, 0.15) is 26.7 Å². The van der Waals surface area contributed by atoms with Gasteiger partial charge in [0.1, 0.15) is 0 Å². The van der Waals surface area contributed by atoms with Gasteiger partial charge in [0.25, 0.3) is 0 Å². The van der Waals surface area contributed by atoms with Crippen molar-refractivity contribution in [1.29, 1.82) is 0 Å². The molecule has 0 saturated carbocycles. The molecule has 1 saturated heterocycles. The Bertz CT molecular complexity index is 197. The molecule has 2 unspecified atom stereocenters. The van der Waals surface area contributed by atoms with E-state index in [1.807, 2.05) is 6.92 Å². The van der Waals surface area contributed by atoms with Crippen LogP contribution in [0.25, 0.3) is 0 Å². The van der Waals surface area contributed by atoms with Crippen LogP contribution in [0.15, 0.2) is 0 Å². The molecule has 0 spiro atoms. The Labute approximate surface area is 85.3 Å². The van der Waals surface area contributed by atoms with Crippen molar-refractivity contribution < 1.29 is 9.90 Å². The van der Waals surface area contributed by atoms with E-state index in [0.29, 0.717) is 0 Å². The first kappa shape index (κ1) is 11.5. The van der Waals surface area contributed by atoms with Crippen molar-refractivity contribution in [3.8, 4) is 0 Å². The van der Waals surface area contributed by atoms with Gasteiger partial charge in [-0.15, -0.1) is 0 Å². The van der Waals surface area contributed by atoms with Crippen LogP contribution in [0.4, 0.5) is 0 Å². The number of carbonyl (C=O) groups excluding carboxylic acids is 1. The lowest BCUT2D eigenvalue weighted by molar-refractivity contribution is -0.131. The van der Waals surface area contributed by atoms with Gasteiger partial charge in [-0.3, -0.25) is 4.79 Å². The molecule has 1 fully saturated rings. The summed E-state index contributed by atoms with van der Waals surface area (Å²) >= 11 is 0. The minimum atomic E-state index is -0.0454. The first-order chi connectivity index (χ1) is 6.70. The molecule has 2 atom stereocenters. The van der Waals surface area contributed by atoms with Gasteiger partial charge in [0.15, 0.2) is 0 Å². The predicted octanol–water partition coefficient (Wildman–Crippen LogP) is -0.0323. The van der Waals surface area contributed by atoms with Gasteiger partial charge in [-0.1, -0.05) is 6.92 Å². The molecule has 0 aromatic rings. The number of nitrogens with one attached hydrogen (secondary N) is 1. The minimum absolute atomic E-state index is 0.0241. The summed E-state index contributed by atoms with van der Waals surface area (Å²) in [7, 11) is 0. The second-order valence-electron chi connectivity index (χ2n) is 3.86. The summed E-state index contributed by atoms with van der Waals surface area (Å²) in [6, 6.07) is -0.0696. The molecule has 0 aromatic heterocycles. The molecule has 0 radical (unpaired) electrons. The van der Waals surface area contributed by atoms with Gasteiger partial charge < -0.3 is 15.3 Å². The fourth-order valence-corrected chi connectivity index (χ4v) is 1.75. The molecule has 2 N–H and O–H groups in total. The van der Waals surface area contributed by atoms with Crippen molar-refractivity contribution in [2.24, 2.45) is 0 Å². The summed E-state index contributed by atoms with van der Waals surface area (Å²) in [6.07, 6.45) is 1.91. The van der Waals surface area contributed by atoms with E-state index in [9.17, 15) is 4.79 Å². The monoisotopic (exact) mass is 200 g/mol. The highest BCUT2D eigenvalue weighted by atomic mass is 16.3. The summed E-state index contributed by atoms with van der Waals surface area (Å²) < 4.78 is 0. The van der Waals surface area contributed by atoms with E-state index >= 15 is 0 Å². The molecule has 1 heterocycles. The maximum atomic E-state index is 11.8. The Kier molecular flexibility index (Phi) is 4.35. The van der Waals surface area contributed by atoms with E-state index in [2.05, 4.69) is 12.2 Å². The number of likely N-dealkylation sites (tertiary alicyclic amines) is 1. The minimum Gasteiger partial charge on any atom is -0.394 e. The molecule has 1 aliphatic rings. The first-order valence-corrected chi connectivity index (χ1v) is 5.35. The summed E-state index contributed by atoms with van der Waals surface area (Å²) in [6.45, 7) is 5.66. The maximum Gasteiger partial charge on any atom is 0.240 e. The molecule has 14 heavy (non-hydrogen) atoms. The second kappa shape index (κ2) is 5.32. The molecule has 4 nitrogen and oxygen atoms in total. The lowest BCUT2D eigenvalue weighted by Gasteiger charge is -2.22. The SMILES string of the molecule is CCCNC1CCN(C(C)CO)C1=O. The van der Waals surface area contributed by atoms with Gasteiger partial charge in [-0.25, -0.2) is 0 Å². The number of aliphatic hydroxyl groups excluding tert-OH is 1. The third-order valence-electron chi connectivity index (χ3n) is 2.68. The molecule has 1 aliphatic heterocycles. The summed E-state index contributed by atoms with van der Waals surface area (Å²) in [5.74, 6) is 0.139. The van der Waals surface area contributed by atoms with Crippen molar-refractivity contribution >= 4 is 5.91 Å². The van der Waals surface area contributed by atoms with Gasteiger partial charge >= 0.3 is 0 Å². The quantitative estimate of drug-likeness (QED) is 0.655. The lowest BCUT2D eigenvalue weighted by atomic mass is 10.2. The second-order valence-corrected chi connectivity index (χ2v) is 3.86. The third kappa shape index (κ3) is 2.45. The van der Waals surface area contributed by atoms with Crippen LogP contribution in [0, 0.1) is 0 Å². The fraction of sp³-hybridized carbons (Fsp3) is 0.900. The van der Waals surface area contributed by atoms with Gasteiger partial charge in [0, 0.05) is 6.54 Å². The highest BCUT2D eigenvalue weighted by molar-refractivity contribution is 5.84. The normalized spacial score (nSPS) is 24.4. The van der Waals surface area contributed by atoms with Crippen molar-refractivity contribution in [2.75, 3.05) is 19.7 Å². The van der Waals surface area contributed by atoms with E-state index < -0.39 is 0 Å². The fourth-order valence-electron chi connectivity index (χ4n) is 1.75. The van der Waals surface area contributed by atoms with Gasteiger partial charge in [0.05, 0.1) is 18.7 Å². The Morgan fingerprint density at radius 2 is 2.43 bits per heavy atom. The smallest absolute Gasteiger partial charge is 0.240 e. The molecule has 82 valence electrons. The highest BCUT2D eigenvalue weighted by Crippen LogP contribution is 2.14. The zero-order chi connectivity index (χ0) is 10.6. The zero-order valence-electron chi connectivity index (χ0n) is 8.99. The number of hydrogen-bond acceptors (Lipinski definition) is 3. The zero-order valence-corrected chi connectivity index (χ0v) is 8.99. The number of nitrogens with zero attached hydrogens (tertiary/aromatic N) is 1. The van der Waals surface area contributed by atoms with Crippen LogP contribution in [0.5, 0.6) is 0 Å². The number of carbonyl (C=O) groups is 1. The molecule has 0 aliphatic carbocycles.